The van der Waals surface area contributed by atoms with Crippen molar-refractivity contribution in [1.82, 2.24) is 4.90 Å². The maximum atomic E-state index is 12.7. The van der Waals surface area contributed by atoms with Crippen LogP contribution < -0.4 is 15.0 Å². The molecule has 0 saturated carbocycles. The van der Waals surface area contributed by atoms with Gasteiger partial charge in [0, 0.05) is 53.7 Å². The van der Waals surface area contributed by atoms with E-state index in [4.69, 9.17) is 16.3 Å². The molecule has 2 aliphatic rings. The number of halogens is 1. The van der Waals surface area contributed by atoms with Crippen molar-refractivity contribution >= 4 is 40.8 Å². The molecule has 2 heterocycles. The van der Waals surface area contributed by atoms with Gasteiger partial charge >= 0.3 is 17.8 Å². The molecule has 1 atom stereocenters. The summed E-state index contributed by atoms with van der Waals surface area (Å²) in [5.41, 5.74) is 3.24. The molecular weight excluding hydrogens is 406 g/mol. The van der Waals surface area contributed by atoms with Crippen molar-refractivity contribution in [2.75, 3.05) is 29.9 Å². The van der Waals surface area contributed by atoms with Gasteiger partial charge in [-0.25, -0.2) is 0 Å². The van der Waals surface area contributed by atoms with Crippen molar-refractivity contribution in [3.63, 3.8) is 0 Å². The molecule has 0 spiro atoms. The molecule has 2 aromatic carbocycles. The van der Waals surface area contributed by atoms with E-state index in [0.717, 1.165) is 21.8 Å². The summed E-state index contributed by atoms with van der Waals surface area (Å²) in [5, 5.41) is 3.33. The lowest BCUT2D eigenvalue weighted by Gasteiger charge is -2.41. The van der Waals surface area contributed by atoms with E-state index in [9.17, 15) is 14.4 Å². The Morgan fingerprint density at radius 2 is 1.97 bits per heavy atom. The van der Waals surface area contributed by atoms with Gasteiger partial charge < -0.3 is 19.9 Å². The minimum atomic E-state index is -0.706. The number of ether oxygens (including phenoxy) is 1. The quantitative estimate of drug-likeness (QED) is 0.453. The van der Waals surface area contributed by atoms with E-state index in [1.54, 1.807) is 23.1 Å². The zero-order valence-electron chi connectivity index (χ0n) is 16.8. The van der Waals surface area contributed by atoms with Gasteiger partial charge in [-0.05, 0) is 43.7 Å². The minimum Gasteiger partial charge on any atom is -0.426 e. The first kappa shape index (κ1) is 20.2. The molecule has 0 aromatic heterocycles. The van der Waals surface area contributed by atoms with Gasteiger partial charge in [-0.1, -0.05) is 17.7 Å². The van der Waals surface area contributed by atoms with Gasteiger partial charge in [0.15, 0.2) is 0 Å². The number of amides is 2. The van der Waals surface area contributed by atoms with Crippen LogP contribution in [-0.2, 0) is 20.8 Å². The maximum Gasteiger partial charge on any atom is 0.315 e. The normalized spacial score (nSPS) is 18.1. The second-order valence-electron chi connectivity index (χ2n) is 7.65. The van der Waals surface area contributed by atoms with Crippen LogP contribution in [0.5, 0.6) is 5.75 Å². The van der Waals surface area contributed by atoms with Gasteiger partial charge in [-0.2, -0.15) is 0 Å². The number of carbonyl (C=O) groups excluding carboxylic acids is 3. The molecule has 7 nitrogen and oxygen atoms in total. The first-order valence-electron chi connectivity index (χ1n) is 9.78. The summed E-state index contributed by atoms with van der Waals surface area (Å²) in [6.45, 7) is 5.49. The molecule has 2 aromatic rings. The fraction of sp³-hybridized carbons (Fsp3) is 0.318. The lowest BCUT2D eigenvalue weighted by atomic mass is 10.1. The number of nitrogens with one attached hydrogen (secondary N) is 1. The van der Waals surface area contributed by atoms with Crippen molar-refractivity contribution in [3.05, 3.63) is 52.5 Å². The monoisotopic (exact) mass is 427 g/mol. The smallest absolute Gasteiger partial charge is 0.315 e. The SMILES string of the molecule is Cc1cc(N2CCN(C(=O)C(=O)Nc3ccc4c(c3)OC(=O)C4)C[C@H]2C)ccc1Cl. The standard InChI is InChI=1S/C22H22ClN3O4/c1-13-9-17(5-6-18(13)23)26-8-7-25(12-14(26)2)22(29)21(28)24-16-4-3-15-10-20(27)30-19(15)11-16/h3-6,9,11,14H,7-8,10,12H2,1-2H3,(H,24,28)/t14-/m1/s1. The number of nitrogens with zero attached hydrogens (tertiary/aromatic N) is 2. The number of aryl methyl sites for hydroxylation is 1. The molecule has 8 heteroatoms. The van der Waals surface area contributed by atoms with Gasteiger partial charge in [-0.3, -0.25) is 14.4 Å². The lowest BCUT2D eigenvalue weighted by Crippen LogP contribution is -2.55. The highest BCUT2D eigenvalue weighted by molar-refractivity contribution is 6.39. The summed E-state index contributed by atoms with van der Waals surface area (Å²) in [4.78, 5) is 40.3. The van der Waals surface area contributed by atoms with Crippen LogP contribution in [0.1, 0.15) is 18.1 Å². The summed E-state index contributed by atoms with van der Waals surface area (Å²) in [6.07, 6.45) is 0.220. The molecule has 0 unspecified atom stereocenters. The Kier molecular flexibility index (Phi) is 5.39. The van der Waals surface area contributed by atoms with Crippen molar-refractivity contribution in [3.8, 4) is 5.75 Å². The van der Waals surface area contributed by atoms with E-state index in [0.29, 0.717) is 31.1 Å². The molecule has 4 rings (SSSR count). The average Bonchev–Trinajstić information content (AvgIpc) is 3.08. The van der Waals surface area contributed by atoms with Crippen LogP contribution in [-0.4, -0.2) is 48.4 Å². The first-order valence-corrected chi connectivity index (χ1v) is 10.2. The second kappa shape index (κ2) is 7.99. The summed E-state index contributed by atoms with van der Waals surface area (Å²) in [6, 6.07) is 10.9. The van der Waals surface area contributed by atoms with Crippen molar-refractivity contribution in [2.45, 2.75) is 26.3 Å². The van der Waals surface area contributed by atoms with E-state index >= 15 is 0 Å². The number of fused-ring (bicyclic) bond motifs is 1. The van der Waals surface area contributed by atoms with E-state index in [1.165, 1.54) is 0 Å². The lowest BCUT2D eigenvalue weighted by molar-refractivity contribution is -0.143. The Bertz CT molecular complexity index is 1040. The van der Waals surface area contributed by atoms with Crippen LogP contribution in [0.2, 0.25) is 5.02 Å². The van der Waals surface area contributed by atoms with Crippen LogP contribution in [0.3, 0.4) is 0 Å². The zero-order chi connectivity index (χ0) is 21.4. The van der Waals surface area contributed by atoms with Gasteiger partial charge in [0.2, 0.25) is 0 Å². The van der Waals surface area contributed by atoms with Crippen molar-refractivity contribution in [1.29, 1.82) is 0 Å². The molecule has 0 aliphatic carbocycles. The van der Waals surface area contributed by atoms with Crippen LogP contribution in [0, 0.1) is 6.92 Å². The fourth-order valence-electron chi connectivity index (χ4n) is 3.85. The third-order valence-corrected chi connectivity index (χ3v) is 5.89. The van der Waals surface area contributed by atoms with Crippen molar-refractivity contribution in [2.24, 2.45) is 0 Å². The highest BCUT2D eigenvalue weighted by Gasteiger charge is 2.30. The van der Waals surface area contributed by atoms with E-state index in [-0.39, 0.29) is 18.4 Å². The summed E-state index contributed by atoms with van der Waals surface area (Å²) < 4.78 is 5.09. The molecule has 0 radical (unpaired) electrons. The minimum absolute atomic E-state index is 0.0514. The number of carbonyl (C=O) groups is 3. The largest absolute Gasteiger partial charge is 0.426 e. The number of benzene rings is 2. The number of hydrogen-bond donors (Lipinski definition) is 1. The molecule has 0 bridgehead atoms. The van der Waals surface area contributed by atoms with E-state index in [2.05, 4.69) is 10.2 Å². The van der Waals surface area contributed by atoms with Gasteiger partial charge in [0.25, 0.3) is 0 Å². The van der Waals surface area contributed by atoms with Gasteiger partial charge in [0.05, 0.1) is 6.42 Å². The third kappa shape index (κ3) is 3.98. The van der Waals surface area contributed by atoms with Gasteiger partial charge in [0.1, 0.15) is 5.75 Å². The molecule has 1 fully saturated rings. The Morgan fingerprint density at radius 1 is 1.17 bits per heavy atom. The van der Waals surface area contributed by atoms with Crippen LogP contribution in [0.25, 0.3) is 0 Å². The molecule has 2 aliphatic heterocycles. The third-order valence-electron chi connectivity index (χ3n) is 5.47. The maximum absolute atomic E-state index is 12.7. The zero-order valence-corrected chi connectivity index (χ0v) is 17.5. The van der Waals surface area contributed by atoms with Crippen LogP contribution >= 0.6 is 11.6 Å². The van der Waals surface area contributed by atoms with Gasteiger partial charge in [-0.15, -0.1) is 0 Å². The highest BCUT2D eigenvalue weighted by atomic mass is 35.5. The molecule has 156 valence electrons. The van der Waals surface area contributed by atoms with Crippen LogP contribution in [0.4, 0.5) is 11.4 Å². The molecule has 1 saturated heterocycles. The Hall–Kier alpha value is -3.06. The first-order chi connectivity index (χ1) is 14.3. The van der Waals surface area contributed by atoms with E-state index in [1.807, 2.05) is 32.0 Å². The molecule has 2 amide bonds. The number of hydrogen-bond acceptors (Lipinski definition) is 5. The number of anilines is 2. The number of esters is 1. The number of piperazine rings is 1. The predicted octanol–water partition coefficient (Wildman–Crippen LogP) is 2.79. The van der Waals surface area contributed by atoms with Crippen molar-refractivity contribution < 1.29 is 19.1 Å². The second-order valence-corrected chi connectivity index (χ2v) is 8.06. The predicted molar refractivity (Wildman–Crippen MR) is 114 cm³/mol. The summed E-state index contributed by atoms with van der Waals surface area (Å²) in [7, 11) is 0. The van der Waals surface area contributed by atoms with E-state index < -0.39 is 11.8 Å². The number of rotatable bonds is 2. The Morgan fingerprint density at radius 3 is 2.70 bits per heavy atom. The molecular formula is C22H22ClN3O4. The summed E-state index contributed by atoms with van der Waals surface area (Å²) >= 11 is 6.12. The molecule has 1 N–H and O–H groups in total. The summed E-state index contributed by atoms with van der Waals surface area (Å²) in [5.74, 6) is -1.19. The Balaban J connectivity index is 1.38. The van der Waals surface area contributed by atoms with Crippen LogP contribution in [0.15, 0.2) is 36.4 Å². The Labute approximate surface area is 179 Å². The molecule has 30 heavy (non-hydrogen) atoms. The highest BCUT2D eigenvalue weighted by Crippen LogP contribution is 2.29. The average molecular weight is 428 g/mol. The fourth-order valence-corrected chi connectivity index (χ4v) is 3.97. The topological polar surface area (TPSA) is 79.0 Å².